The van der Waals surface area contributed by atoms with Crippen LogP contribution in [0.15, 0.2) is 0 Å². The second kappa shape index (κ2) is 6.18. The highest BCUT2D eigenvalue weighted by atomic mass is 16.5. The normalized spacial score (nSPS) is 26.6. The molecular weight excluding hydrogens is 232 g/mol. The number of carbonyl (C=O) groups is 2. The van der Waals surface area contributed by atoms with Crippen LogP contribution in [-0.2, 0) is 14.3 Å². The maximum absolute atomic E-state index is 11.6. The van der Waals surface area contributed by atoms with Gasteiger partial charge >= 0.3 is 5.97 Å². The van der Waals surface area contributed by atoms with Crippen LogP contribution >= 0.6 is 0 Å². The van der Waals surface area contributed by atoms with E-state index in [9.17, 15) is 9.59 Å². The van der Waals surface area contributed by atoms with Gasteiger partial charge in [0.15, 0.2) is 0 Å². The van der Waals surface area contributed by atoms with Crippen LogP contribution in [0, 0.1) is 11.3 Å². The van der Waals surface area contributed by atoms with Crippen molar-refractivity contribution in [2.75, 3.05) is 13.1 Å². The van der Waals surface area contributed by atoms with E-state index in [1.165, 1.54) is 6.42 Å². The molecule has 1 aliphatic carbocycles. The van der Waals surface area contributed by atoms with Crippen molar-refractivity contribution < 1.29 is 14.3 Å². The van der Waals surface area contributed by atoms with Crippen molar-refractivity contribution in [1.82, 2.24) is 5.32 Å². The summed E-state index contributed by atoms with van der Waals surface area (Å²) < 4.78 is 5.43. The number of ether oxygens (including phenoxy) is 1. The number of carbonyl (C=O) groups excluding carboxylic acids is 2. The summed E-state index contributed by atoms with van der Waals surface area (Å²) in [6.07, 6.45) is 2.98. The lowest BCUT2D eigenvalue weighted by atomic mass is 9.71. The van der Waals surface area contributed by atoms with Crippen molar-refractivity contribution in [2.24, 2.45) is 17.1 Å². The van der Waals surface area contributed by atoms with Gasteiger partial charge in [0.05, 0.1) is 13.1 Å². The average Bonchev–Trinajstić information content (AvgIpc) is 2.12. The van der Waals surface area contributed by atoms with Crippen molar-refractivity contribution in [3.05, 3.63) is 0 Å². The van der Waals surface area contributed by atoms with Crippen LogP contribution in [0.3, 0.4) is 0 Å². The van der Waals surface area contributed by atoms with E-state index in [1.54, 1.807) is 0 Å². The smallest absolute Gasteiger partial charge is 0.320 e. The summed E-state index contributed by atoms with van der Waals surface area (Å²) in [7, 11) is 0. The number of amides is 1. The third-order valence-corrected chi connectivity index (χ3v) is 3.21. The minimum absolute atomic E-state index is 0.00165. The van der Waals surface area contributed by atoms with Gasteiger partial charge in [-0.25, -0.2) is 0 Å². The Morgan fingerprint density at radius 1 is 1.33 bits per heavy atom. The zero-order chi connectivity index (χ0) is 13.8. The summed E-state index contributed by atoms with van der Waals surface area (Å²) >= 11 is 0. The molecule has 1 fully saturated rings. The van der Waals surface area contributed by atoms with Gasteiger partial charge in [0.25, 0.3) is 0 Å². The first-order chi connectivity index (χ1) is 8.28. The molecule has 0 aliphatic heterocycles. The second-order valence-corrected chi connectivity index (χ2v) is 6.10. The molecule has 0 heterocycles. The molecule has 2 unspecified atom stereocenters. The first kappa shape index (κ1) is 15.0. The molecule has 1 aliphatic rings. The molecule has 5 heteroatoms. The molecule has 0 bridgehead atoms. The van der Waals surface area contributed by atoms with E-state index in [-0.39, 0.29) is 30.6 Å². The SMILES string of the molecule is CC1CC(OC(=O)CNCC(N)=O)CC(C)(C)C1. The molecule has 0 aromatic carbocycles. The Labute approximate surface area is 108 Å². The molecule has 1 amide bonds. The standard InChI is InChI=1S/C13H24N2O3/c1-9-4-10(6-13(2,3)5-9)18-12(17)8-15-7-11(14)16/h9-10,15H,4-8H2,1-3H3,(H2,14,16). The Bertz CT molecular complexity index is 315. The van der Waals surface area contributed by atoms with Crippen LogP contribution in [0.4, 0.5) is 0 Å². The van der Waals surface area contributed by atoms with E-state index in [0.29, 0.717) is 5.92 Å². The fourth-order valence-corrected chi connectivity index (χ4v) is 2.86. The summed E-state index contributed by atoms with van der Waals surface area (Å²) in [5.41, 5.74) is 5.19. The van der Waals surface area contributed by atoms with Gasteiger partial charge in [0, 0.05) is 0 Å². The van der Waals surface area contributed by atoms with Crippen LogP contribution < -0.4 is 11.1 Å². The molecule has 1 rings (SSSR count). The maximum atomic E-state index is 11.6. The zero-order valence-corrected chi connectivity index (χ0v) is 11.5. The summed E-state index contributed by atoms with van der Waals surface area (Å²) in [5, 5.41) is 2.66. The third kappa shape index (κ3) is 5.49. The van der Waals surface area contributed by atoms with Gasteiger partial charge in [-0.3, -0.25) is 14.9 Å². The minimum atomic E-state index is -0.477. The van der Waals surface area contributed by atoms with Crippen molar-refractivity contribution >= 4 is 11.9 Å². The summed E-state index contributed by atoms with van der Waals surface area (Å²) in [6.45, 7) is 6.63. The summed E-state index contributed by atoms with van der Waals surface area (Å²) in [6, 6.07) is 0. The fraction of sp³-hybridized carbons (Fsp3) is 0.846. The van der Waals surface area contributed by atoms with Gasteiger partial charge in [-0.1, -0.05) is 20.8 Å². The van der Waals surface area contributed by atoms with E-state index in [4.69, 9.17) is 10.5 Å². The van der Waals surface area contributed by atoms with Crippen molar-refractivity contribution in [2.45, 2.75) is 46.1 Å². The Kier molecular flexibility index (Phi) is 5.14. The quantitative estimate of drug-likeness (QED) is 0.714. The molecule has 0 spiro atoms. The highest BCUT2D eigenvalue weighted by Gasteiger charge is 2.33. The van der Waals surface area contributed by atoms with Gasteiger partial charge in [0.2, 0.25) is 5.91 Å². The van der Waals surface area contributed by atoms with E-state index in [0.717, 1.165) is 12.8 Å². The van der Waals surface area contributed by atoms with Gasteiger partial charge in [-0.2, -0.15) is 0 Å². The first-order valence-corrected chi connectivity index (χ1v) is 6.47. The van der Waals surface area contributed by atoms with Crippen LogP contribution in [0.5, 0.6) is 0 Å². The summed E-state index contributed by atoms with van der Waals surface area (Å²) in [5.74, 6) is -0.216. The number of primary amides is 1. The topological polar surface area (TPSA) is 81.4 Å². The lowest BCUT2D eigenvalue weighted by Crippen LogP contribution is -2.37. The zero-order valence-electron chi connectivity index (χ0n) is 11.5. The number of rotatable bonds is 5. The van der Waals surface area contributed by atoms with E-state index >= 15 is 0 Å². The molecule has 2 atom stereocenters. The van der Waals surface area contributed by atoms with Crippen molar-refractivity contribution in [3.63, 3.8) is 0 Å². The molecule has 3 N–H and O–H groups in total. The van der Waals surface area contributed by atoms with E-state index < -0.39 is 5.91 Å². The second-order valence-electron chi connectivity index (χ2n) is 6.10. The molecule has 5 nitrogen and oxygen atoms in total. The molecule has 0 saturated heterocycles. The highest BCUT2D eigenvalue weighted by Crippen LogP contribution is 2.39. The van der Waals surface area contributed by atoms with Crippen molar-refractivity contribution in [1.29, 1.82) is 0 Å². The predicted octanol–water partition coefficient (Wildman–Crippen LogP) is 0.819. The number of esters is 1. The Morgan fingerprint density at radius 2 is 2.00 bits per heavy atom. The molecule has 0 radical (unpaired) electrons. The number of hydrogen-bond donors (Lipinski definition) is 2. The lowest BCUT2D eigenvalue weighted by Gasteiger charge is -2.38. The molecule has 1 saturated carbocycles. The molecule has 0 aromatic rings. The monoisotopic (exact) mass is 256 g/mol. The van der Waals surface area contributed by atoms with Crippen LogP contribution in [0.25, 0.3) is 0 Å². The van der Waals surface area contributed by atoms with E-state index in [2.05, 4.69) is 26.1 Å². The predicted molar refractivity (Wildman–Crippen MR) is 68.7 cm³/mol. The van der Waals surface area contributed by atoms with Crippen LogP contribution in [0.1, 0.15) is 40.0 Å². The molecule has 0 aromatic heterocycles. The molecule has 18 heavy (non-hydrogen) atoms. The van der Waals surface area contributed by atoms with E-state index in [1.807, 2.05) is 0 Å². The van der Waals surface area contributed by atoms with Crippen LogP contribution in [-0.4, -0.2) is 31.1 Å². The average molecular weight is 256 g/mol. The number of nitrogens with two attached hydrogens (primary N) is 1. The van der Waals surface area contributed by atoms with Crippen LogP contribution in [0.2, 0.25) is 0 Å². The van der Waals surface area contributed by atoms with Crippen molar-refractivity contribution in [3.8, 4) is 0 Å². The Balaban J connectivity index is 2.33. The molecule has 104 valence electrons. The highest BCUT2D eigenvalue weighted by molar-refractivity contribution is 5.77. The minimum Gasteiger partial charge on any atom is -0.461 e. The number of hydrogen-bond acceptors (Lipinski definition) is 4. The van der Waals surface area contributed by atoms with Gasteiger partial charge in [-0.05, 0) is 30.6 Å². The largest absolute Gasteiger partial charge is 0.461 e. The summed E-state index contributed by atoms with van der Waals surface area (Å²) in [4.78, 5) is 22.1. The van der Waals surface area contributed by atoms with Gasteiger partial charge in [-0.15, -0.1) is 0 Å². The third-order valence-electron chi connectivity index (χ3n) is 3.21. The Hall–Kier alpha value is -1.10. The maximum Gasteiger partial charge on any atom is 0.320 e. The van der Waals surface area contributed by atoms with Gasteiger partial charge in [0.1, 0.15) is 6.10 Å². The lowest BCUT2D eigenvalue weighted by molar-refractivity contribution is -0.152. The Morgan fingerprint density at radius 3 is 2.56 bits per heavy atom. The molecular formula is C13H24N2O3. The fourth-order valence-electron chi connectivity index (χ4n) is 2.86. The number of nitrogens with one attached hydrogen (secondary N) is 1. The first-order valence-electron chi connectivity index (χ1n) is 6.47. The van der Waals surface area contributed by atoms with Gasteiger partial charge < -0.3 is 10.5 Å².